The van der Waals surface area contributed by atoms with Gasteiger partial charge in [0, 0.05) is 45.3 Å². The second kappa shape index (κ2) is 14.1. The second-order valence-electron chi connectivity index (χ2n) is 15.9. The topological polar surface area (TPSA) is 21.1 Å². The first-order valence-electron chi connectivity index (χ1n) is 21.0. The predicted molar refractivity (Wildman–Crippen MR) is 254 cm³/mol. The molecule has 0 bridgehead atoms. The van der Waals surface area contributed by atoms with Crippen molar-refractivity contribution in [3.05, 3.63) is 259 Å². The molecule has 2 aromatic heterocycles. The zero-order valence-electron chi connectivity index (χ0n) is 33.4. The van der Waals surface area contributed by atoms with Crippen LogP contribution in [0.4, 0.5) is 17.1 Å². The summed E-state index contributed by atoms with van der Waals surface area (Å²) in [6, 6.07) is 84.1. The summed E-state index contributed by atoms with van der Waals surface area (Å²) in [5.41, 5.74) is 15.7. The lowest BCUT2D eigenvalue weighted by Crippen LogP contribution is -2.28. The molecule has 11 aromatic rings. The van der Waals surface area contributed by atoms with Crippen LogP contribution in [0.15, 0.2) is 237 Å². The molecule has 0 N–H and O–H groups in total. The first-order chi connectivity index (χ1) is 30.3. The molecule has 1 aliphatic rings. The zero-order valence-corrected chi connectivity index (χ0v) is 33.4. The maximum atomic E-state index is 4.78. The van der Waals surface area contributed by atoms with Crippen molar-refractivity contribution in [2.75, 3.05) is 4.90 Å². The predicted octanol–water partition coefficient (Wildman–Crippen LogP) is 14.8. The van der Waals surface area contributed by atoms with Gasteiger partial charge in [0.2, 0.25) is 0 Å². The number of para-hydroxylation sites is 2. The van der Waals surface area contributed by atoms with Gasteiger partial charge in [0.1, 0.15) is 0 Å². The Morgan fingerprint density at radius 3 is 1.75 bits per heavy atom. The fourth-order valence-corrected chi connectivity index (χ4v) is 10.0. The Labute approximate surface area is 355 Å². The van der Waals surface area contributed by atoms with Gasteiger partial charge in [-0.3, -0.25) is 4.98 Å². The first-order valence-corrected chi connectivity index (χ1v) is 21.0. The van der Waals surface area contributed by atoms with Crippen LogP contribution in [-0.2, 0) is 5.41 Å². The normalized spacial score (nSPS) is 12.7. The van der Waals surface area contributed by atoms with Gasteiger partial charge in [-0.1, -0.05) is 158 Å². The summed E-state index contributed by atoms with van der Waals surface area (Å²) in [5.74, 6) is 0. The molecule has 0 saturated heterocycles. The van der Waals surface area contributed by atoms with Gasteiger partial charge in [0.15, 0.2) is 0 Å². The van der Waals surface area contributed by atoms with E-state index < -0.39 is 5.41 Å². The minimum atomic E-state index is -0.522. The largest absolute Gasteiger partial charge is 0.310 e. The Balaban J connectivity index is 1.11. The Bertz CT molecular complexity index is 3370. The number of pyridine rings is 1. The number of anilines is 3. The fourth-order valence-electron chi connectivity index (χ4n) is 10.0. The summed E-state index contributed by atoms with van der Waals surface area (Å²) in [5, 5.41) is 4.91. The molecule has 0 unspecified atom stereocenters. The van der Waals surface area contributed by atoms with Crippen molar-refractivity contribution in [2.45, 2.75) is 5.41 Å². The highest BCUT2D eigenvalue weighted by Gasteiger charge is 2.46. The number of hydrogen-bond donors (Lipinski definition) is 0. The Hall–Kier alpha value is -8.01. The van der Waals surface area contributed by atoms with Gasteiger partial charge in [-0.15, -0.1) is 0 Å². The van der Waals surface area contributed by atoms with Gasteiger partial charge < -0.3 is 9.47 Å². The van der Waals surface area contributed by atoms with Crippen molar-refractivity contribution in [3.63, 3.8) is 0 Å². The standard InChI is InChI=1S/C58H39N3/c1-4-18-43(19-5-1)58(44-20-6-2-7-21-44)53-33-28-42(55-25-14-15-35-59-55)37-51(53)52-38-47(31-34-54(52)58)60(45-22-8-3-9-23-45)48-30-32-50-49-24-12-13-26-56(49)61(57(50)39-48)46-29-27-40-16-10-11-17-41(40)36-46/h1-39H. The third-order valence-electron chi connectivity index (χ3n) is 12.7. The highest BCUT2D eigenvalue weighted by Crippen LogP contribution is 2.58. The number of rotatable bonds is 7. The van der Waals surface area contributed by atoms with E-state index in [1.807, 2.05) is 12.3 Å². The molecule has 3 nitrogen and oxygen atoms in total. The van der Waals surface area contributed by atoms with Crippen LogP contribution in [0.25, 0.3) is 60.6 Å². The average molecular weight is 778 g/mol. The van der Waals surface area contributed by atoms with Crippen LogP contribution < -0.4 is 4.90 Å². The summed E-state index contributed by atoms with van der Waals surface area (Å²) in [6.07, 6.45) is 1.88. The molecule has 0 spiro atoms. The van der Waals surface area contributed by atoms with Crippen molar-refractivity contribution in [1.82, 2.24) is 9.55 Å². The van der Waals surface area contributed by atoms with Crippen molar-refractivity contribution < 1.29 is 0 Å². The summed E-state index contributed by atoms with van der Waals surface area (Å²) in [7, 11) is 0. The van der Waals surface area contributed by atoms with E-state index in [0.717, 1.165) is 39.5 Å². The van der Waals surface area contributed by atoms with E-state index in [0.29, 0.717) is 0 Å². The zero-order chi connectivity index (χ0) is 40.3. The third-order valence-corrected chi connectivity index (χ3v) is 12.7. The van der Waals surface area contributed by atoms with Crippen LogP contribution in [0, 0.1) is 0 Å². The quantitative estimate of drug-likeness (QED) is 0.161. The van der Waals surface area contributed by atoms with E-state index in [9.17, 15) is 0 Å². The Morgan fingerprint density at radius 2 is 1.00 bits per heavy atom. The fraction of sp³-hybridized carbons (Fsp3) is 0.0172. The second-order valence-corrected chi connectivity index (χ2v) is 15.9. The van der Waals surface area contributed by atoms with Crippen LogP contribution in [0.2, 0.25) is 0 Å². The maximum absolute atomic E-state index is 4.78. The number of benzene rings is 9. The van der Waals surface area contributed by atoms with Crippen molar-refractivity contribution >= 4 is 49.6 Å². The highest BCUT2D eigenvalue weighted by atomic mass is 15.1. The van der Waals surface area contributed by atoms with Gasteiger partial charge in [0.05, 0.1) is 22.1 Å². The number of aromatic nitrogens is 2. The molecule has 3 heteroatoms. The molecule has 0 amide bonds. The van der Waals surface area contributed by atoms with Crippen molar-refractivity contribution in [2.24, 2.45) is 0 Å². The number of hydrogen-bond acceptors (Lipinski definition) is 2. The molecule has 12 rings (SSSR count). The minimum absolute atomic E-state index is 0.522. The van der Waals surface area contributed by atoms with Gasteiger partial charge in [-0.05, 0) is 117 Å². The first kappa shape index (κ1) is 35.0. The van der Waals surface area contributed by atoms with Crippen molar-refractivity contribution in [3.8, 4) is 28.1 Å². The van der Waals surface area contributed by atoms with Crippen LogP contribution in [0.1, 0.15) is 22.3 Å². The minimum Gasteiger partial charge on any atom is -0.310 e. The lowest BCUT2D eigenvalue weighted by atomic mass is 9.67. The maximum Gasteiger partial charge on any atom is 0.0713 e. The molecule has 2 heterocycles. The van der Waals surface area contributed by atoms with Crippen LogP contribution in [-0.4, -0.2) is 9.55 Å². The van der Waals surface area contributed by atoms with Gasteiger partial charge >= 0.3 is 0 Å². The summed E-state index contributed by atoms with van der Waals surface area (Å²) in [4.78, 5) is 7.19. The van der Waals surface area contributed by atoms with E-state index in [2.05, 4.69) is 234 Å². The van der Waals surface area contributed by atoms with E-state index >= 15 is 0 Å². The molecular weight excluding hydrogens is 739 g/mol. The smallest absolute Gasteiger partial charge is 0.0713 e. The molecule has 0 radical (unpaired) electrons. The Kier molecular flexibility index (Phi) is 8.07. The molecular formula is C58H39N3. The third kappa shape index (κ3) is 5.48. The molecule has 0 aliphatic heterocycles. The lowest BCUT2D eigenvalue weighted by Gasteiger charge is -2.34. The van der Waals surface area contributed by atoms with Gasteiger partial charge in [-0.2, -0.15) is 0 Å². The SMILES string of the molecule is c1ccc(N(c2ccc3c(c2)-c2cc(-c4ccccn4)ccc2C3(c2ccccc2)c2ccccc2)c2ccc3c4ccccc4n(-c4ccc5ccccc5c4)c3c2)cc1. The van der Waals surface area contributed by atoms with E-state index in [4.69, 9.17) is 4.98 Å². The molecule has 0 saturated carbocycles. The van der Waals surface area contributed by atoms with Gasteiger partial charge in [-0.25, -0.2) is 0 Å². The summed E-state index contributed by atoms with van der Waals surface area (Å²) >= 11 is 0. The van der Waals surface area contributed by atoms with E-state index in [1.165, 1.54) is 60.4 Å². The van der Waals surface area contributed by atoms with Gasteiger partial charge in [0.25, 0.3) is 0 Å². The summed E-state index contributed by atoms with van der Waals surface area (Å²) < 4.78 is 2.43. The monoisotopic (exact) mass is 777 g/mol. The number of nitrogens with zero attached hydrogens (tertiary/aromatic N) is 3. The molecule has 61 heavy (non-hydrogen) atoms. The Morgan fingerprint density at radius 1 is 0.393 bits per heavy atom. The molecule has 0 fully saturated rings. The molecule has 286 valence electrons. The number of fused-ring (bicyclic) bond motifs is 7. The van der Waals surface area contributed by atoms with Crippen LogP contribution in [0.3, 0.4) is 0 Å². The molecule has 9 aromatic carbocycles. The molecule has 0 atom stereocenters. The average Bonchev–Trinajstić information content (AvgIpc) is 3.82. The lowest BCUT2D eigenvalue weighted by molar-refractivity contribution is 0.768. The highest BCUT2D eigenvalue weighted by molar-refractivity contribution is 6.10. The van der Waals surface area contributed by atoms with E-state index in [-0.39, 0.29) is 0 Å². The van der Waals surface area contributed by atoms with E-state index in [1.54, 1.807) is 0 Å². The van der Waals surface area contributed by atoms with Crippen molar-refractivity contribution in [1.29, 1.82) is 0 Å². The van der Waals surface area contributed by atoms with Crippen LogP contribution in [0.5, 0.6) is 0 Å². The van der Waals surface area contributed by atoms with Crippen LogP contribution >= 0.6 is 0 Å². The molecule has 1 aliphatic carbocycles. The summed E-state index contributed by atoms with van der Waals surface area (Å²) in [6.45, 7) is 0.